The maximum absolute atomic E-state index is 6.01. The number of pyridine rings is 2. The Bertz CT molecular complexity index is 1210. The van der Waals surface area contributed by atoms with Gasteiger partial charge in [-0.1, -0.05) is 0 Å². The van der Waals surface area contributed by atoms with E-state index < -0.39 is 0 Å². The average molecular weight is 406 g/mol. The van der Waals surface area contributed by atoms with E-state index in [1.807, 2.05) is 13.2 Å². The highest BCUT2D eigenvalue weighted by Gasteiger charge is 2.28. The fourth-order valence-electron chi connectivity index (χ4n) is 4.02. The van der Waals surface area contributed by atoms with Gasteiger partial charge >= 0.3 is 0 Å². The summed E-state index contributed by atoms with van der Waals surface area (Å²) >= 11 is 0. The lowest BCUT2D eigenvalue weighted by atomic mass is 9.90. The summed E-state index contributed by atoms with van der Waals surface area (Å²) in [5.41, 5.74) is 12.4. The molecule has 1 aliphatic carbocycles. The molecule has 5 rings (SSSR count). The predicted octanol–water partition coefficient (Wildman–Crippen LogP) is 3.60. The molecule has 0 saturated heterocycles. The van der Waals surface area contributed by atoms with Crippen molar-refractivity contribution in [3.8, 4) is 11.3 Å². The minimum Gasteiger partial charge on any atom is -0.386 e. The minimum absolute atomic E-state index is 0.155. The van der Waals surface area contributed by atoms with Gasteiger partial charge in [-0.15, -0.1) is 0 Å². The summed E-state index contributed by atoms with van der Waals surface area (Å²) in [7, 11) is 1.90. The van der Waals surface area contributed by atoms with Gasteiger partial charge < -0.3 is 25.3 Å². The Morgan fingerprint density at radius 1 is 1.30 bits per heavy atom. The van der Waals surface area contributed by atoms with Crippen LogP contribution in [0.25, 0.3) is 33.5 Å². The van der Waals surface area contributed by atoms with E-state index in [-0.39, 0.29) is 18.2 Å². The van der Waals surface area contributed by atoms with Crippen LogP contribution in [-0.4, -0.2) is 43.7 Å². The summed E-state index contributed by atoms with van der Waals surface area (Å²) in [5.74, 6) is 0. The molecule has 1 aliphatic rings. The van der Waals surface area contributed by atoms with E-state index in [2.05, 4.69) is 52.0 Å². The Hall–Kier alpha value is -2.97. The van der Waals surface area contributed by atoms with E-state index in [1.54, 1.807) is 6.33 Å². The molecular formula is C22H27N7O. The van der Waals surface area contributed by atoms with Crippen LogP contribution >= 0.6 is 0 Å². The van der Waals surface area contributed by atoms with Gasteiger partial charge in [-0.25, -0.2) is 15.0 Å². The number of anilines is 1. The van der Waals surface area contributed by atoms with Gasteiger partial charge in [-0.3, -0.25) is 0 Å². The number of hydrogen-bond donors (Lipinski definition) is 3. The number of H-pyrrole nitrogens is 1. The third-order valence-corrected chi connectivity index (χ3v) is 5.95. The predicted molar refractivity (Wildman–Crippen MR) is 118 cm³/mol. The molecule has 156 valence electrons. The molecule has 0 spiro atoms. The summed E-state index contributed by atoms with van der Waals surface area (Å²) in [4.78, 5) is 17.1. The third-order valence-electron chi connectivity index (χ3n) is 5.95. The van der Waals surface area contributed by atoms with Crippen LogP contribution in [-0.2, 0) is 11.3 Å². The number of nitrogens with two attached hydrogens (primary N) is 1. The van der Waals surface area contributed by atoms with Crippen molar-refractivity contribution in [2.75, 3.05) is 12.4 Å². The highest BCUT2D eigenvalue weighted by molar-refractivity contribution is 5.97. The van der Waals surface area contributed by atoms with Crippen molar-refractivity contribution in [2.45, 2.75) is 51.5 Å². The molecule has 8 heteroatoms. The van der Waals surface area contributed by atoms with Crippen LogP contribution in [0, 0.1) is 0 Å². The first kappa shape index (κ1) is 19.0. The fourth-order valence-corrected chi connectivity index (χ4v) is 4.02. The van der Waals surface area contributed by atoms with E-state index in [0.717, 1.165) is 51.9 Å². The van der Waals surface area contributed by atoms with Crippen molar-refractivity contribution >= 4 is 27.9 Å². The van der Waals surface area contributed by atoms with E-state index in [9.17, 15) is 0 Å². The molecule has 0 bridgehead atoms. The average Bonchev–Trinajstić information content (AvgIpc) is 3.36. The lowest BCUT2D eigenvalue weighted by Gasteiger charge is -2.33. The van der Waals surface area contributed by atoms with Gasteiger partial charge in [0.1, 0.15) is 11.2 Å². The quantitative estimate of drug-likeness (QED) is 0.452. The molecular weight excluding hydrogens is 378 g/mol. The van der Waals surface area contributed by atoms with Gasteiger partial charge in [-0.2, -0.15) is 0 Å². The molecule has 0 unspecified atom stereocenters. The van der Waals surface area contributed by atoms with Crippen LogP contribution in [0.2, 0.25) is 0 Å². The molecule has 4 N–H and O–H groups in total. The SMILES string of the molecule is CNc1cc(-c2cn(C(C)C)c3ncc(CO[C@@H]4CC[C@H]4N)cc23)nc2nc[nH]c12. The van der Waals surface area contributed by atoms with E-state index in [4.69, 9.17) is 20.4 Å². The van der Waals surface area contributed by atoms with E-state index in [1.165, 1.54) is 0 Å². The summed E-state index contributed by atoms with van der Waals surface area (Å²) in [6.45, 7) is 4.83. The Kier molecular flexibility index (Phi) is 4.67. The second-order valence-corrected chi connectivity index (χ2v) is 8.26. The summed E-state index contributed by atoms with van der Waals surface area (Å²) in [5, 5.41) is 4.30. The first-order chi connectivity index (χ1) is 14.5. The summed E-state index contributed by atoms with van der Waals surface area (Å²) in [6.07, 6.45) is 7.93. The Balaban J connectivity index is 1.60. The van der Waals surface area contributed by atoms with Gasteiger partial charge in [0, 0.05) is 42.5 Å². The summed E-state index contributed by atoms with van der Waals surface area (Å²) < 4.78 is 8.18. The summed E-state index contributed by atoms with van der Waals surface area (Å²) in [6, 6.07) is 4.65. The number of nitrogens with zero attached hydrogens (tertiary/aromatic N) is 4. The van der Waals surface area contributed by atoms with Crippen LogP contribution in [0.4, 0.5) is 5.69 Å². The molecule has 4 aromatic rings. The van der Waals surface area contributed by atoms with Crippen molar-refractivity contribution < 1.29 is 4.74 Å². The maximum Gasteiger partial charge on any atom is 0.180 e. The number of aromatic amines is 1. The molecule has 1 saturated carbocycles. The Morgan fingerprint density at radius 2 is 2.17 bits per heavy atom. The molecule has 4 aromatic heterocycles. The van der Waals surface area contributed by atoms with Gasteiger partial charge in [0.15, 0.2) is 5.65 Å². The normalized spacial score (nSPS) is 19.0. The van der Waals surface area contributed by atoms with Crippen molar-refractivity contribution in [3.63, 3.8) is 0 Å². The van der Waals surface area contributed by atoms with Gasteiger partial charge in [0.2, 0.25) is 0 Å². The molecule has 2 atom stereocenters. The topological polar surface area (TPSA) is 107 Å². The lowest BCUT2D eigenvalue weighted by Crippen LogP contribution is -2.45. The van der Waals surface area contributed by atoms with Crippen LogP contribution in [0.15, 0.2) is 30.9 Å². The smallest absolute Gasteiger partial charge is 0.180 e. The molecule has 8 nitrogen and oxygen atoms in total. The van der Waals surface area contributed by atoms with E-state index in [0.29, 0.717) is 12.3 Å². The molecule has 0 aromatic carbocycles. The standard InChI is InChI=1S/C22H27N7O/c1-12(2)29-9-15(17-7-18(24-3)20-21(28-17)27-11-26-20)14-6-13(8-25-22(14)29)10-30-19-5-4-16(19)23/h6-9,11-12,16,19H,4-5,10,23H2,1-3H3,(H2,24,26,27,28)/t16-,19-/m1/s1. The van der Waals surface area contributed by atoms with Gasteiger partial charge in [0.25, 0.3) is 0 Å². The lowest BCUT2D eigenvalue weighted by molar-refractivity contribution is -0.0246. The number of fused-ring (bicyclic) bond motifs is 2. The number of hydrogen-bond acceptors (Lipinski definition) is 6. The number of nitrogens with one attached hydrogen (secondary N) is 2. The minimum atomic E-state index is 0.155. The zero-order valence-electron chi connectivity index (χ0n) is 17.5. The van der Waals surface area contributed by atoms with Gasteiger partial charge in [0.05, 0.1) is 30.4 Å². The van der Waals surface area contributed by atoms with Crippen molar-refractivity contribution in [2.24, 2.45) is 5.73 Å². The maximum atomic E-state index is 6.01. The number of rotatable bonds is 6. The van der Waals surface area contributed by atoms with Crippen LogP contribution in [0.5, 0.6) is 0 Å². The van der Waals surface area contributed by atoms with Crippen molar-refractivity contribution in [1.29, 1.82) is 0 Å². The Labute approximate surface area is 174 Å². The molecule has 4 heterocycles. The second-order valence-electron chi connectivity index (χ2n) is 8.26. The zero-order chi connectivity index (χ0) is 20.8. The second kappa shape index (κ2) is 7.37. The largest absolute Gasteiger partial charge is 0.386 e. The van der Waals surface area contributed by atoms with Crippen LogP contribution in [0.3, 0.4) is 0 Å². The Morgan fingerprint density at radius 3 is 2.87 bits per heavy atom. The first-order valence-corrected chi connectivity index (χ1v) is 10.4. The molecule has 0 radical (unpaired) electrons. The van der Waals surface area contributed by atoms with Crippen molar-refractivity contribution in [3.05, 3.63) is 36.4 Å². The van der Waals surface area contributed by atoms with Crippen molar-refractivity contribution in [1.82, 2.24) is 24.5 Å². The van der Waals surface area contributed by atoms with Gasteiger partial charge in [-0.05, 0) is 44.4 Å². The molecule has 0 amide bonds. The highest BCUT2D eigenvalue weighted by atomic mass is 16.5. The number of ether oxygens (including phenoxy) is 1. The zero-order valence-corrected chi connectivity index (χ0v) is 17.5. The number of aromatic nitrogens is 5. The van der Waals surface area contributed by atoms with Crippen LogP contribution < -0.4 is 11.1 Å². The molecule has 30 heavy (non-hydrogen) atoms. The molecule has 1 fully saturated rings. The monoisotopic (exact) mass is 405 g/mol. The fraction of sp³-hybridized carbons (Fsp3) is 0.409. The first-order valence-electron chi connectivity index (χ1n) is 10.4. The van der Waals surface area contributed by atoms with Crippen LogP contribution in [0.1, 0.15) is 38.3 Å². The molecule has 0 aliphatic heterocycles. The number of imidazole rings is 1. The van der Waals surface area contributed by atoms with E-state index >= 15 is 0 Å². The third kappa shape index (κ3) is 3.12. The highest BCUT2D eigenvalue weighted by Crippen LogP contribution is 2.34.